The summed E-state index contributed by atoms with van der Waals surface area (Å²) in [5.41, 5.74) is 0.914. The van der Waals surface area contributed by atoms with E-state index in [9.17, 15) is 4.79 Å². The summed E-state index contributed by atoms with van der Waals surface area (Å²) in [5.74, 6) is 0.0461. The van der Waals surface area contributed by atoms with Gasteiger partial charge in [-0.25, -0.2) is 0 Å². The van der Waals surface area contributed by atoms with E-state index in [-0.39, 0.29) is 18.3 Å². The van der Waals surface area contributed by atoms with E-state index in [0.29, 0.717) is 21.0 Å². The van der Waals surface area contributed by atoms with Crippen LogP contribution in [0.5, 0.6) is 0 Å². The zero-order valence-electron chi connectivity index (χ0n) is 11.7. The van der Waals surface area contributed by atoms with Crippen LogP contribution in [0, 0.1) is 5.41 Å². The quantitative estimate of drug-likeness (QED) is 0.839. The largest absolute Gasteiger partial charge is 0.338 e. The first-order valence-electron chi connectivity index (χ1n) is 7.04. The smallest absolute Gasteiger partial charge is 0.253 e. The highest BCUT2D eigenvalue weighted by Crippen LogP contribution is 2.39. The fourth-order valence-electron chi connectivity index (χ4n) is 3.33. The maximum Gasteiger partial charge on any atom is 0.253 e. The van der Waals surface area contributed by atoms with Gasteiger partial charge < -0.3 is 10.2 Å². The fraction of sp³-hybridized carbons (Fsp3) is 0.533. The van der Waals surface area contributed by atoms with Crippen LogP contribution in [0.2, 0.25) is 10.0 Å². The Balaban J connectivity index is 0.00000161. The lowest BCUT2D eigenvalue weighted by atomic mass is 9.78. The van der Waals surface area contributed by atoms with Gasteiger partial charge in [0.25, 0.3) is 5.91 Å². The Bertz CT molecular complexity index is 509. The molecular weight excluding hydrogens is 331 g/mol. The highest BCUT2D eigenvalue weighted by molar-refractivity contribution is 6.35. The van der Waals surface area contributed by atoms with Crippen LogP contribution in [0.4, 0.5) is 0 Å². The zero-order chi connectivity index (χ0) is 14.2. The third-order valence-electron chi connectivity index (χ3n) is 4.50. The molecule has 1 N–H and O–H groups in total. The number of nitrogens with one attached hydrogen (secondary N) is 1. The molecule has 6 heteroatoms. The molecular formula is C15H19Cl3N2O. The van der Waals surface area contributed by atoms with Crippen molar-refractivity contribution in [1.82, 2.24) is 10.2 Å². The molecule has 3 rings (SSSR count). The number of piperidine rings is 1. The van der Waals surface area contributed by atoms with Gasteiger partial charge in [-0.2, -0.15) is 0 Å². The van der Waals surface area contributed by atoms with Crippen molar-refractivity contribution < 1.29 is 4.79 Å². The Morgan fingerprint density at radius 1 is 1.10 bits per heavy atom. The molecule has 0 aromatic heterocycles. The number of amides is 1. The monoisotopic (exact) mass is 348 g/mol. The highest BCUT2D eigenvalue weighted by Gasteiger charge is 2.40. The molecule has 2 fully saturated rings. The molecule has 0 aliphatic carbocycles. The van der Waals surface area contributed by atoms with Crippen molar-refractivity contribution in [3.63, 3.8) is 0 Å². The van der Waals surface area contributed by atoms with E-state index in [2.05, 4.69) is 5.32 Å². The van der Waals surface area contributed by atoms with Crippen molar-refractivity contribution in [3.05, 3.63) is 33.8 Å². The lowest BCUT2D eigenvalue weighted by Crippen LogP contribution is -2.39. The maximum atomic E-state index is 12.6. The summed E-state index contributed by atoms with van der Waals surface area (Å²) in [5, 5.41) is 4.41. The summed E-state index contributed by atoms with van der Waals surface area (Å²) >= 11 is 12.0. The Hall–Kier alpha value is -0.480. The van der Waals surface area contributed by atoms with Gasteiger partial charge in [0.05, 0.1) is 0 Å². The van der Waals surface area contributed by atoms with Crippen molar-refractivity contribution in [1.29, 1.82) is 0 Å². The number of carbonyl (C=O) groups excluding carboxylic acids is 1. The van der Waals surface area contributed by atoms with Crippen LogP contribution in [0.3, 0.4) is 0 Å². The maximum absolute atomic E-state index is 12.6. The summed E-state index contributed by atoms with van der Waals surface area (Å²) in [6.45, 7) is 3.82. The number of hydrogen-bond acceptors (Lipinski definition) is 2. The average Bonchev–Trinajstić information content (AvgIpc) is 2.81. The summed E-state index contributed by atoms with van der Waals surface area (Å²) in [6, 6.07) is 5.05. The van der Waals surface area contributed by atoms with Crippen molar-refractivity contribution in [3.8, 4) is 0 Å². The molecule has 0 saturated carbocycles. The van der Waals surface area contributed by atoms with Crippen LogP contribution < -0.4 is 5.32 Å². The SMILES string of the molecule is Cl.O=C(c1cc(Cl)cc(Cl)c1)N1CCC2(CCNCC2)C1. The van der Waals surface area contributed by atoms with E-state index < -0.39 is 0 Å². The van der Waals surface area contributed by atoms with Gasteiger partial charge in [-0.15, -0.1) is 12.4 Å². The predicted molar refractivity (Wildman–Crippen MR) is 88.8 cm³/mol. The predicted octanol–water partition coefficient (Wildman–Crippen LogP) is 3.63. The summed E-state index contributed by atoms with van der Waals surface area (Å²) in [6.07, 6.45) is 3.43. The molecule has 2 saturated heterocycles. The standard InChI is InChI=1S/C15H18Cl2N2O.ClH/c16-12-7-11(8-13(17)9-12)14(20)19-6-3-15(10-19)1-4-18-5-2-15;/h7-9,18H,1-6,10H2;1H. The van der Waals surface area contributed by atoms with Gasteiger partial charge in [-0.1, -0.05) is 23.2 Å². The summed E-state index contributed by atoms with van der Waals surface area (Å²) in [4.78, 5) is 14.5. The first-order chi connectivity index (χ1) is 9.58. The van der Waals surface area contributed by atoms with Crippen LogP contribution in [0.15, 0.2) is 18.2 Å². The van der Waals surface area contributed by atoms with E-state index in [4.69, 9.17) is 23.2 Å². The molecule has 0 unspecified atom stereocenters. The molecule has 0 atom stereocenters. The van der Waals surface area contributed by atoms with E-state index in [1.54, 1.807) is 18.2 Å². The first kappa shape index (κ1) is 16.9. The van der Waals surface area contributed by atoms with Gasteiger partial charge in [-0.05, 0) is 56.0 Å². The van der Waals surface area contributed by atoms with Gasteiger partial charge in [-0.3, -0.25) is 4.79 Å². The summed E-state index contributed by atoms with van der Waals surface area (Å²) in [7, 11) is 0. The minimum atomic E-state index is 0. The third kappa shape index (κ3) is 3.65. The highest BCUT2D eigenvalue weighted by atomic mass is 35.5. The fourth-order valence-corrected chi connectivity index (χ4v) is 3.86. The van der Waals surface area contributed by atoms with E-state index in [1.165, 1.54) is 0 Å². The Kier molecular flexibility index (Phi) is 5.42. The number of benzene rings is 1. The molecule has 21 heavy (non-hydrogen) atoms. The van der Waals surface area contributed by atoms with Crippen molar-refractivity contribution in [2.45, 2.75) is 19.3 Å². The number of rotatable bonds is 1. The van der Waals surface area contributed by atoms with Crippen molar-refractivity contribution in [2.24, 2.45) is 5.41 Å². The minimum Gasteiger partial charge on any atom is -0.338 e. The second-order valence-electron chi connectivity index (χ2n) is 5.88. The molecule has 2 aliphatic heterocycles. The number of likely N-dealkylation sites (tertiary alicyclic amines) is 1. The number of carbonyl (C=O) groups is 1. The van der Waals surface area contributed by atoms with Crippen LogP contribution in [0.1, 0.15) is 29.6 Å². The van der Waals surface area contributed by atoms with Crippen LogP contribution in [-0.2, 0) is 0 Å². The van der Waals surface area contributed by atoms with Gasteiger partial charge in [0.15, 0.2) is 0 Å². The Labute approximate surface area is 141 Å². The third-order valence-corrected chi connectivity index (χ3v) is 4.94. The van der Waals surface area contributed by atoms with Gasteiger partial charge in [0, 0.05) is 28.7 Å². The number of hydrogen-bond donors (Lipinski definition) is 1. The molecule has 1 spiro atoms. The number of nitrogens with zero attached hydrogens (tertiary/aromatic N) is 1. The van der Waals surface area contributed by atoms with Crippen LogP contribution >= 0.6 is 35.6 Å². The van der Waals surface area contributed by atoms with Gasteiger partial charge in [0.1, 0.15) is 0 Å². The molecule has 0 radical (unpaired) electrons. The second-order valence-corrected chi connectivity index (χ2v) is 6.76. The summed E-state index contributed by atoms with van der Waals surface area (Å²) < 4.78 is 0. The van der Waals surface area contributed by atoms with Crippen LogP contribution in [-0.4, -0.2) is 37.0 Å². The van der Waals surface area contributed by atoms with Crippen LogP contribution in [0.25, 0.3) is 0 Å². The molecule has 2 heterocycles. The second kappa shape index (κ2) is 6.74. The minimum absolute atomic E-state index is 0. The van der Waals surface area contributed by atoms with Crippen molar-refractivity contribution >= 4 is 41.5 Å². The zero-order valence-corrected chi connectivity index (χ0v) is 14.0. The molecule has 2 aliphatic rings. The molecule has 1 amide bonds. The van der Waals surface area contributed by atoms with E-state index >= 15 is 0 Å². The molecule has 1 aromatic rings. The first-order valence-corrected chi connectivity index (χ1v) is 7.80. The van der Waals surface area contributed by atoms with Gasteiger partial charge in [0.2, 0.25) is 0 Å². The Morgan fingerprint density at radius 3 is 2.33 bits per heavy atom. The molecule has 116 valence electrons. The van der Waals surface area contributed by atoms with E-state index in [1.807, 2.05) is 4.90 Å². The topological polar surface area (TPSA) is 32.3 Å². The van der Waals surface area contributed by atoms with Crippen molar-refractivity contribution in [2.75, 3.05) is 26.2 Å². The lowest BCUT2D eigenvalue weighted by Gasteiger charge is -2.33. The van der Waals surface area contributed by atoms with Gasteiger partial charge >= 0.3 is 0 Å². The molecule has 1 aromatic carbocycles. The normalized spacial score (nSPS) is 20.4. The molecule has 3 nitrogen and oxygen atoms in total. The Morgan fingerprint density at radius 2 is 1.71 bits per heavy atom. The molecule has 0 bridgehead atoms. The average molecular weight is 350 g/mol. The lowest BCUT2D eigenvalue weighted by molar-refractivity contribution is 0.0762. The number of halogens is 3. The van der Waals surface area contributed by atoms with E-state index in [0.717, 1.165) is 45.4 Å².